The number of rotatable bonds is 6. The second kappa shape index (κ2) is 8.97. The van der Waals surface area contributed by atoms with Gasteiger partial charge < -0.3 is 0 Å². The monoisotopic (exact) mass is 402 g/mol. The normalized spacial score (nSPS) is 11.9. The van der Waals surface area contributed by atoms with Crippen LogP contribution in [-0.4, -0.2) is 11.1 Å². The lowest BCUT2D eigenvalue weighted by Gasteiger charge is -2.34. The van der Waals surface area contributed by atoms with Crippen molar-refractivity contribution in [2.24, 2.45) is 5.41 Å². The van der Waals surface area contributed by atoms with Crippen molar-refractivity contribution in [2.45, 2.75) is 40.5 Å². The first-order valence-electron chi connectivity index (χ1n) is 10.4. The van der Waals surface area contributed by atoms with E-state index in [0.29, 0.717) is 0 Å². The molecular formula is C27H31OP. The van der Waals surface area contributed by atoms with E-state index in [1.165, 1.54) is 15.9 Å². The molecule has 0 unspecified atom stereocenters. The Morgan fingerprint density at radius 3 is 1.31 bits per heavy atom. The summed E-state index contributed by atoms with van der Waals surface area (Å²) < 4.78 is 0. The first kappa shape index (κ1) is 21.3. The molecule has 3 aromatic rings. The Kier molecular flexibility index (Phi) is 6.60. The molecule has 1 nitrogen and oxygen atoms in total. The summed E-state index contributed by atoms with van der Waals surface area (Å²) in [6, 6.07) is 32.0. The minimum Gasteiger partial charge on any atom is -0.294 e. The number of carbonyl (C=O) groups is 1. The van der Waals surface area contributed by atoms with Crippen LogP contribution in [-0.2, 0) is 4.79 Å². The van der Waals surface area contributed by atoms with Gasteiger partial charge in [-0.2, -0.15) is 0 Å². The average Bonchev–Trinajstić information content (AvgIpc) is 2.75. The van der Waals surface area contributed by atoms with Gasteiger partial charge in [0.2, 0.25) is 0 Å². The predicted molar refractivity (Wildman–Crippen MR) is 130 cm³/mol. The largest absolute Gasteiger partial charge is 0.294 e. The van der Waals surface area contributed by atoms with Crippen molar-refractivity contribution in [3.05, 3.63) is 91.0 Å². The molecule has 2 heteroatoms. The van der Waals surface area contributed by atoms with Crippen molar-refractivity contribution >= 4 is 33.9 Å². The lowest BCUT2D eigenvalue weighted by Crippen LogP contribution is -2.37. The van der Waals surface area contributed by atoms with Crippen molar-refractivity contribution in [2.75, 3.05) is 0 Å². The number of ketones is 1. The zero-order valence-corrected chi connectivity index (χ0v) is 18.8. The van der Waals surface area contributed by atoms with Gasteiger partial charge in [0.25, 0.3) is 0 Å². The van der Waals surface area contributed by atoms with Gasteiger partial charge in [-0.15, -0.1) is 0 Å². The molecule has 0 bridgehead atoms. The maximum absolute atomic E-state index is 13.9. The summed E-state index contributed by atoms with van der Waals surface area (Å²) in [5, 5.41) is 4.83. The second-order valence-electron chi connectivity index (χ2n) is 8.45. The van der Waals surface area contributed by atoms with E-state index < -0.39 is 12.3 Å². The molecule has 0 atom stereocenters. The number of carbonyl (C=O) groups excluding carboxylic acids is 1. The summed E-state index contributed by atoms with van der Waals surface area (Å²) in [4.78, 5) is 13.9. The molecular weight excluding hydrogens is 371 g/mol. The highest BCUT2D eigenvalue weighted by molar-refractivity contribution is 7.96. The van der Waals surface area contributed by atoms with Crippen LogP contribution < -0.4 is 15.9 Å². The Balaban J connectivity index is 2.60. The van der Waals surface area contributed by atoms with Crippen molar-refractivity contribution in [3.63, 3.8) is 0 Å². The SMILES string of the molecule is CCCC(C(=O)C(C)(C)C)=P(c1ccccc1)(c1ccccc1)c1ccccc1. The Morgan fingerprint density at radius 2 is 1.03 bits per heavy atom. The molecule has 0 saturated heterocycles. The van der Waals surface area contributed by atoms with Crippen LogP contribution in [0.5, 0.6) is 0 Å². The van der Waals surface area contributed by atoms with Gasteiger partial charge in [0.15, 0.2) is 5.78 Å². The minimum atomic E-state index is -2.27. The molecule has 0 heterocycles. The molecule has 0 radical (unpaired) electrons. The Labute approximate surface area is 175 Å². The van der Waals surface area contributed by atoms with Crippen LogP contribution in [0.3, 0.4) is 0 Å². The first-order chi connectivity index (χ1) is 13.9. The van der Waals surface area contributed by atoms with Crippen LogP contribution >= 0.6 is 6.89 Å². The molecule has 0 spiro atoms. The molecule has 3 aromatic carbocycles. The Hall–Kier alpha value is -2.37. The van der Waals surface area contributed by atoms with Crippen LogP contribution in [0.1, 0.15) is 40.5 Å². The van der Waals surface area contributed by atoms with Crippen LogP contribution in [0.4, 0.5) is 0 Å². The van der Waals surface area contributed by atoms with Gasteiger partial charge in [-0.05, 0) is 29.2 Å². The molecule has 0 N–H and O–H groups in total. The van der Waals surface area contributed by atoms with E-state index in [0.717, 1.165) is 18.1 Å². The van der Waals surface area contributed by atoms with Crippen molar-refractivity contribution in [1.29, 1.82) is 0 Å². The fourth-order valence-electron chi connectivity index (χ4n) is 3.97. The van der Waals surface area contributed by atoms with E-state index in [1.807, 2.05) is 20.8 Å². The summed E-state index contributed by atoms with van der Waals surface area (Å²) in [7, 11) is 0. The van der Waals surface area contributed by atoms with E-state index >= 15 is 0 Å². The highest BCUT2D eigenvalue weighted by Gasteiger charge is 2.36. The number of hydrogen-bond donors (Lipinski definition) is 0. The summed E-state index contributed by atoms with van der Waals surface area (Å²) in [6.07, 6.45) is 1.76. The topological polar surface area (TPSA) is 17.1 Å². The predicted octanol–water partition coefficient (Wildman–Crippen LogP) is 5.57. The smallest absolute Gasteiger partial charge is 0.165 e. The molecule has 0 aliphatic rings. The van der Waals surface area contributed by atoms with Crippen LogP contribution in [0.25, 0.3) is 0 Å². The molecule has 150 valence electrons. The average molecular weight is 403 g/mol. The van der Waals surface area contributed by atoms with E-state index in [2.05, 4.69) is 97.9 Å². The summed E-state index contributed by atoms with van der Waals surface area (Å²) in [6.45, 7) is 6.03. The molecule has 0 amide bonds. The standard InChI is InChI=1S/C27H31OP/c1-5-15-25(26(28)27(2,3)4)29(22-16-9-6-10-17-22,23-18-11-7-12-19-23)24-20-13-8-14-21-24/h6-14,16-21H,5,15H2,1-4H3. The maximum Gasteiger partial charge on any atom is 0.165 e. The Morgan fingerprint density at radius 1 is 0.690 bits per heavy atom. The summed E-state index contributed by atoms with van der Waals surface area (Å²) in [5.41, 5.74) is -0.423. The van der Waals surface area contributed by atoms with E-state index in [9.17, 15) is 4.79 Å². The van der Waals surface area contributed by atoms with Crippen LogP contribution in [0.15, 0.2) is 91.0 Å². The Bertz CT molecular complexity index is 893. The summed E-state index contributed by atoms with van der Waals surface area (Å²) in [5.74, 6) is 0.282. The van der Waals surface area contributed by atoms with Gasteiger partial charge in [0.1, 0.15) is 0 Å². The van der Waals surface area contributed by atoms with Gasteiger partial charge >= 0.3 is 0 Å². The third-order valence-electron chi connectivity index (χ3n) is 5.27. The molecule has 0 aliphatic carbocycles. The number of hydrogen-bond acceptors (Lipinski definition) is 1. The molecule has 29 heavy (non-hydrogen) atoms. The van der Waals surface area contributed by atoms with Gasteiger partial charge in [0.05, 0.1) is 0 Å². The molecule has 0 aliphatic heterocycles. The highest BCUT2D eigenvalue weighted by Crippen LogP contribution is 2.48. The van der Waals surface area contributed by atoms with Gasteiger partial charge in [-0.25, -0.2) is 0 Å². The molecule has 0 saturated carbocycles. The third kappa shape index (κ3) is 4.16. The van der Waals surface area contributed by atoms with Gasteiger partial charge in [-0.1, -0.05) is 125 Å². The molecule has 0 aromatic heterocycles. The van der Waals surface area contributed by atoms with E-state index in [4.69, 9.17) is 0 Å². The van der Waals surface area contributed by atoms with Crippen LogP contribution in [0.2, 0.25) is 0 Å². The third-order valence-corrected chi connectivity index (χ3v) is 9.72. The van der Waals surface area contributed by atoms with Crippen molar-refractivity contribution < 1.29 is 4.79 Å². The number of Topliss-reactive ketones (excluding diaryl/α,β-unsaturated/α-hetero) is 1. The number of benzene rings is 3. The summed E-state index contributed by atoms with van der Waals surface area (Å²) >= 11 is 0. The fraction of sp³-hybridized carbons (Fsp3) is 0.259. The zero-order chi connectivity index (χ0) is 20.9. The first-order valence-corrected chi connectivity index (χ1v) is 12.2. The minimum absolute atomic E-state index is 0.282. The van der Waals surface area contributed by atoms with Gasteiger partial charge in [-0.3, -0.25) is 4.79 Å². The second-order valence-corrected chi connectivity index (χ2v) is 11.9. The van der Waals surface area contributed by atoms with E-state index in [1.54, 1.807) is 0 Å². The highest BCUT2D eigenvalue weighted by atomic mass is 31.2. The van der Waals surface area contributed by atoms with Gasteiger partial charge in [0, 0.05) is 10.7 Å². The zero-order valence-electron chi connectivity index (χ0n) is 17.9. The van der Waals surface area contributed by atoms with E-state index in [-0.39, 0.29) is 5.78 Å². The van der Waals surface area contributed by atoms with Crippen LogP contribution in [0, 0.1) is 5.41 Å². The lowest BCUT2D eigenvalue weighted by atomic mass is 9.88. The molecule has 3 rings (SSSR count). The molecule has 0 fully saturated rings. The lowest BCUT2D eigenvalue weighted by molar-refractivity contribution is -0.119. The maximum atomic E-state index is 13.9. The fourth-order valence-corrected chi connectivity index (χ4v) is 8.86. The van der Waals surface area contributed by atoms with Crippen molar-refractivity contribution in [3.8, 4) is 0 Å². The van der Waals surface area contributed by atoms with Crippen molar-refractivity contribution in [1.82, 2.24) is 0 Å². The quantitative estimate of drug-likeness (QED) is 0.493.